The lowest BCUT2D eigenvalue weighted by Crippen LogP contribution is -2.30. The molecule has 3 aromatic rings. The van der Waals surface area contributed by atoms with Gasteiger partial charge in [0.2, 0.25) is 5.91 Å². The number of rotatable bonds is 3. The van der Waals surface area contributed by atoms with Crippen molar-refractivity contribution < 1.29 is 4.79 Å². The molecule has 0 saturated carbocycles. The normalized spacial score (nSPS) is 17.5. The molecule has 1 unspecified atom stereocenters. The summed E-state index contributed by atoms with van der Waals surface area (Å²) in [4.78, 5) is 14.7. The summed E-state index contributed by atoms with van der Waals surface area (Å²) in [5.74, 6) is 0.206. The fourth-order valence-electron chi connectivity index (χ4n) is 3.54. The summed E-state index contributed by atoms with van der Waals surface area (Å²) in [5, 5.41) is 6.76. The predicted octanol–water partition coefficient (Wildman–Crippen LogP) is 3.36. The molecule has 4 nitrogen and oxygen atoms in total. The Balaban J connectivity index is 1.48. The number of carbonyl (C=O) groups excluding carboxylic acids is 1. The molecule has 1 saturated heterocycles. The summed E-state index contributed by atoms with van der Waals surface area (Å²) in [7, 11) is 0. The van der Waals surface area contributed by atoms with Crippen LogP contribution >= 0.6 is 0 Å². The molecule has 0 radical (unpaired) electrons. The molecule has 0 spiro atoms. The maximum absolute atomic E-state index is 12.7. The Kier molecular flexibility index (Phi) is 3.81. The summed E-state index contributed by atoms with van der Waals surface area (Å²) >= 11 is 0. The molecule has 4 rings (SSSR count). The van der Waals surface area contributed by atoms with Crippen LogP contribution in [0.15, 0.2) is 54.9 Å². The number of benzene rings is 2. The second-order valence-electron chi connectivity index (χ2n) is 6.59. The Morgan fingerprint density at radius 3 is 2.88 bits per heavy atom. The third kappa shape index (κ3) is 2.80. The van der Waals surface area contributed by atoms with Crippen molar-refractivity contribution in [2.45, 2.75) is 25.8 Å². The van der Waals surface area contributed by atoms with Crippen LogP contribution in [0.3, 0.4) is 0 Å². The first-order chi connectivity index (χ1) is 11.7. The van der Waals surface area contributed by atoms with E-state index in [0.717, 1.165) is 30.6 Å². The maximum Gasteiger partial charge on any atom is 0.227 e. The van der Waals surface area contributed by atoms with Crippen molar-refractivity contribution in [2.24, 2.45) is 0 Å². The quantitative estimate of drug-likeness (QED) is 0.742. The molecule has 1 aromatic heterocycles. The lowest BCUT2D eigenvalue weighted by molar-refractivity contribution is -0.129. The number of carbonyl (C=O) groups is 1. The molecule has 1 fully saturated rings. The van der Waals surface area contributed by atoms with E-state index in [9.17, 15) is 4.79 Å². The molecule has 1 amide bonds. The summed E-state index contributed by atoms with van der Waals surface area (Å²) in [5.41, 5.74) is 2.27. The fourth-order valence-corrected chi connectivity index (χ4v) is 3.54. The van der Waals surface area contributed by atoms with Gasteiger partial charge in [-0.15, -0.1) is 0 Å². The fraction of sp³-hybridized carbons (Fsp3) is 0.300. The Hall–Kier alpha value is -2.62. The van der Waals surface area contributed by atoms with Crippen LogP contribution in [0.25, 0.3) is 10.8 Å². The first kappa shape index (κ1) is 14.9. The van der Waals surface area contributed by atoms with Crippen molar-refractivity contribution in [3.8, 4) is 0 Å². The molecule has 1 aliphatic rings. The molecule has 122 valence electrons. The highest BCUT2D eigenvalue weighted by Crippen LogP contribution is 2.24. The molecule has 0 aliphatic carbocycles. The zero-order valence-corrected chi connectivity index (χ0v) is 13.9. The van der Waals surface area contributed by atoms with E-state index in [0.29, 0.717) is 12.5 Å². The van der Waals surface area contributed by atoms with E-state index in [1.807, 2.05) is 40.9 Å². The van der Waals surface area contributed by atoms with Crippen molar-refractivity contribution in [3.05, 3.63) is 66.0 Å². The third-order valence-corrected chi connectivity index (χ3v) is 4.84. The average Bonchev–Trinajstić information content (AvgIpc) is 3.24. The summed E-state index contributed by atoms with van der Waals surface area (Å²) < 4.78 is 2.00. The van der Waals surface area contributed by atoms with Gasteiger partial charge in [-0.3, -0.25) is 9.48 Å². The lowest BCUT2D eigenvalue weighted by Gasteiger charge is -2.17. The van der Waals surface area contributed by atoms with Crippen LogP contribution in [0.5, 0.6) is 0 Å². The van der Waals surface area contributed by atoms with E-state index in [4.69, 9.17) is 0 Å². The van der Waals surface area contributed by atoms with Gasteiger partial charge in [-0.05, 0) is 35.2 Å². The third-order valence-electron chi connectivity index (χ3n) is 4.84. The van der Waals surface area contributed by atoms with Crippen LogP contribution in [-0.2, 0) is 11.2 Å². The first-order valence-electron chi connectivity index (χ1n) is 8.46. The Labute approximate surface area is 141 Å². The van der Waals surface area contributed by atoms with E-state index < -0.39 is 0 Å². The molecule has 24 heavy (non-hydrogen) atoms. The van der Waals surface area contributed by atoms with Gasteiger partial charge in [-0.25, -0.2) is 0 Å². The number of hydrogen-bond donors (Lipinski definition) is 0. The van der Waals surface area contributed by atoms with E-state index in [2.05, 4.69) is 35.6 Å². The minimum Gasteiger partial charge on any atom is -0.340 e. The van der Waals surface area contributed by atoms with Gasteiger partial charge in [0.1, 0.15) is 0 Å². The number of amides is 1. The van der Waals surface area contributed by atoms with Gasteiger partial charge in [0.15, 0.2) is 0 Å². The van der Waals surface area contributed by atoms with Crippen molar-refractivity contribution in [1.29, 1.82) is 0 Å². The summed E-state index contributed by atoms with van der Waals surface area (Å²) in [6.07, 6.45) is 5.37. The zero-order valence-electron chi connectivity index (χ0n) is 13.9. The minimum absolute atomic E-state index is 0.206. The van der Waals surface area contributed by atoms with Crippen LogP contribution in [0.1, 0.15) is 23.6 Å². The lowest BCUT2D eigenvalue weighted by atomic mass is 10.0. The van der Waals surface area contributed by atoms with E-state index in [-0.39, 0.29) is 5.91 Å². The van der Waals surface area contributed by atoms with Crippen LogP contribution in [-0.4, -0.2) is 33.7 Å². The maximum atomic E-state index is 12.7. The van der Waals surface area contributed by atoms with Gasteiger partial charge in [-0.2, -0.15) is 5.10 Å². The van der Waals surface area contributed by atoms with E-state index in [1.165, 1.54) is 10.8 Å². The molecule has 0 N–H and O–H groups in total. The zero-order chi connectivity index (χ0) is 16.5. The second kappa shape index (κ2) is 6.11. The Morgan fingerprint density at radius 1 is 1.21 bits per heavy atom. The van der Waals surface area contributed by atoms with Crippen LogP contribution in [0, 0.1) is 6.92 Å². The number of aryl methyl sites for hydroxylation is 1. The first-order valence-corrected chi connectivity index (χ1v) is 8.46. The van der Waals surface area contributed by atoms with Crippen molar-refractivity contribution in [3.63, 3.8) is 0 Å². The molecule has 1 atom stereocenters. The van der Waals surface area contributed by atoms with Gasteiger partial charge in [-0.1, -0.05) is 42.5 Å². The second-order valence-corrected chi connectivity index (χ2v) is 6.59. The Bertz CT molecular complexity index is 878. The molecule has 4 heteroatoms. The molecule has 2 aromatic carbocycles. The van der Waals surface area contributed by atoms with Crippen LogP contribution in [0.2, 0.25) is 0 Å². The molecular weight excluding hydrogens is 298 g/mol. The van der Waals surface area contributed by atoms with E-state index >= 15 is 0 Å². The van der Waals surface area contributed by atoms with Crippen molar-refractivity contribution in [2.75, 3.05) is 13.1 Å². The van der Waals surface area contributed by atoms with Gasteiger partial charge >= 0.3 is 0 Å². The smallest absolute Gasteiger partial charge is 0.227 e. The van der Waals surface area contributed by atoms with Gasteiger partial charge in [0.25, 0.3) is 0 Å². The summed E-state index contributed by atoms with van der Waals surface area (Å²) in [6, 6.07) is 14.7. The van der Waals surface area contributed by atoms with Gasteiger partial charge in [0, 0.05) is 19.3 Å². The highest BCUT2D eigenvalue weighted by Gasteiger charge is 2.27. The SMILES string of the molecule is Cc1cnn(C2CCN(C(=O)Cc3cccc4ccccc34)C2)c1. The topological polar surface area (TPSA) is 38.1 Å². The molecule has 1 aliphatic heterocycles. The van der Waals surface area contributed by atoms with E-state index in [1.54, 1.807) is 0 Å². The largest absolute Gasteiger partial charge is 0.340 e. The minimum atomic E-state index is 0.206. The monoisotopic (exact) mass is 319 g/mol. The number of nitrogens with zero attached hydrogens (tertiary/aromatic N) is 3. The average molecular weight is 319 g/mol. The van der Waals surface area contributed by atoms with Crippen LogP contribution in [0.4, 0.5) is 0 Å². The number of aromatic nitrogens is 2. The Morgan fingerprint density at radius 2 is 2.04 bits per heavy atom. The molecular formula is C20H21N3O. The highest BCUT2D eigenvalue weighted by molar-refractivity contribution is 5.90. The van der Waals surface area contributed by atoms with Gasteiger partial charge < -0.3 is 4.90 Å². The standard InChI is InChI=1S/C20H21N3O/c1-15-12-21-23(13-15)18-9-10-22(14-18)20(24)11-17-7-4-6-16-5-2-3-8-19(16)17/h2-8,12-13,18H,9-11,14H2,1H3. The molecule has 2 heterocycles. The predicted molar refractivity (Wildman–Crippen MR) is 94.9 cm³/mol. The number of likely N-dealkylation sites (tertiary alicyclic amines) is 1. The molecule has 0 bridgehead atoms. The summed E-state index contributed by atoms with van der Waals surface area (Å²) in [6.45, 7) is 3.61. The highest BCUT2D eigenvalue weighted by atomic mass is 16.2. The van der Waals surface area contributed by atoms with Crippen molar-refractivity contribution in [1.82, 2.24) is 14.7 Å². The number of fused-ring (bicyclic) bond motifs is 1. The van der Waals surface area contributed by atoms with Crippen molar-refractivity contribution >= 4 is 16.7 Å². The van der Waals surface area contributed by atoms with Crippen LogP contribution < -0.4 is 0 Å². The van der Waals surface area contributed by atoms with Gasteiger partial charge in [0.05, 0.1) is 18.7 Å². The number of hydrogen-bond acceptors (Lipinski definition) is 2.